The van der Waals surface area contributed by atoms with Gasteiger partial charge in [0.25, 0.3) is 0 Å². The molecule has 128 valence electrons. The Kier molecular flexibility index (Phi) is 6.95. The first-order valence-corrected chi connectivity index (χ1v) is 8.39. The van der Waals surface area contributed by atoms with Gasteiger partial charge in [-0.05, 0) is 25.5 Å². The van der Waals surface area contributed by atoms with Gasteiger partial charge >= 0.3 is 0 Å². The second-order valence-electron chi connectivity index (χ2n) is 6.24. The summed E-state index contributed by atoms with van der Waals surface area (Å²) >= 11 is 0. The number of nitrogens with zero attached hydrogens (tertiary/aromatic N) is 3. The summed E-state index contributed by atoms with van der Waals surface area (Å²) in [5.41, 5.74) is 0.869. The van der Waals surface area contributed by atoms with Crippen molar-refractivity contribution < 1.29 is 9.90 Å². The summed E-state index contributed by atoms with van der Waals surface area (Å²) in [6.07, 6.45) is 2.45. The SMILES string of the molecule is CC[C@@H]1CN(CC(=O)NCc2ccccn2)CCN1C[C@@H](C)O. The van der Waals surface area contributed by atoms with E-state index in [-0.39, 0.29) is 12.0 Å². The largest absolute Gasteiger partial charge is 0.392 e. The molecule has 0 unspecified atom stereocenters. The third kappa shape index (κ3) is 5.89. The number of aromatic nitrogens is 1. The van der Waals surface area contributed by atoms with E-state index >= 15 is 0 Å². The lowest BCUT2D eigenvalue weighted by Gasteiger charge is -2.41. The fraction of sp³-hybridized carbons (Fsp3) is 0.647. The van der Waals surface area contributed by atoms with Crippen molar-refractivity contribution in [2.75, 3.05) is 32.7 Å². The lowest BCUT2D eigenvalue weighted by atomic mass is 10.1. The van der Waals surface area contributed by atoms with Crippen LogP contribution in [0.1, 0.15) is 26.0 Å². The number of rotatable bonds is 7. The van der Waals surface area contributed by atoms with Crippen molar-refractivity contribution in [3.05, 3.63) is 30.1 Å². The van der Waals surface area contributed by atoms with Crippen LogP contribution < -0.4 is 5.32 Å². The van der Waals surface area contributed by atoms with Crippen LogP contribution in [0.3, 0.4) is 0 Å². The fourth-order valence-electron chi connectivity index (χ4n) is 3.02. The van der Waals surface area contributed by atoms with E-state index in [1.165, 1.54) is 0 Å². The van der Waals surface area contributed by atoms with Crippen LogP contribution >= 0.6 is 0 Å². The van der Waals surface area contributed by atoms with Crippen molar-refractivity contribution in [2.24, 2.45) is 0 Å². The third-order valence-electron chi connectivity index (χ3n) is 4.22. The van der Waals surface area contributed by atoms with Crippen LogP contribution in [0.5, 0.6) is 0 Å². The van der Waals surface area contributed by atoms with Gasteiger partial charge in [-0.25, -0.2) is 0 Å². The molecule has 2 rings (SSSR count). The molecule has 1 aliphatic heterocycles. The molecule has 0 bridgehead atoms. The number of β-amino-alcohol motifs (C(OH)–C–C–N with tert-alkyl or cyclic N) is 1. The number of nitrogens with one attached hydrogen (secondary N) is 1. The number of carbonyl (C=O) groups is 1. The van der Waals surface area contributed by atoms with Crippen LogP contribution in [0, 0.1) is 0 Å². The molecule has 0 radical (unpaired) electrons. The highest BCUT2D eigenvalue weighted by molar-refractivity contribution is 5.77. The average Bonchev–Trinajstić information content (AvgIpc) is 2.55. The van der Waals surface area contributed by atoms with Gasteiger partial charge in [0.2, 0.25) is 5.91 Å². The predicted octanol–water partition coefficient (Wildman–Crippen LogP) is 0.475. The van der Waals surface area contributed by atoms with Crippen molar-refractivity contribution in [1.29, 1.82) is 0 Å². The zero-order valence-corrected chi connectivity index (χ0v) is 14.1. The number of aliphatic hydroxyl groups excluding tert-OH is 1. The van der Waals surface area contributed by atoms with Gasteiger partial charge < -0.3 is 10.4 Å². The Morgan fingerprint density at radius 2 is 2.30 bits per heavy atom. The summed E-state index contributed by atoms with van der Waals surface area (Å²) in [5, 5.41) is 12.5. The Hall–Kier alpha value is -1.50. The Morgan fingerprint density at radius 3 is 2.96 bits per heavy atom. The lowest BCUT2D eigenvalue weighted by molar-refractivity contribution is -0.123. The molecule has 2 atom stereocenters. The molecular formula is C17H28N4O2. The maximum Gasteiger partial charge on any atom is 0.234 e. The zero-order chi connectivity index (χ0) is 16.7. The molecule has 1 aliphatic rings. The Balaban J connectivity index is 1.76. The van der Waals surface area contributed by atoms with Gasteiger partial charge in [-0.2, -0.15) is 0 Å². The molecule has 0 spiro atoms. The monoisotopic (exact) mass is 320 g/mol. The quantitative estimate of drug-likeness (QED) is 0.765. The molecule has 1 aromatic rings. The van der Waals surface area contributed by atoms with Crippen LogP contribution in [0.2, 0.25) is 0 Å². The Morgan fingerprint density at radius 1 is 1.48 bits per heavy atom. The minimum Gasteiger partial charge on any atom is -0.392 e. The van der Waals surface area contributed by atoms with E-state index in [9.17, 15) is 9.90 Å². The summed E-state index contributed by atoms with van der Waals surface area (Å²) in [4.78, 5) is 20.8. The van der Waals surface area contributed by atoms with Crippen LogP contribution in [-0.4, -0.2) is 70.7 Å². The molecule has 6 nitrogen and oxygen atoms in total. The van der Waals surface area contributed by atoms with E-state index in [4.69, 9.17) is 0 Å². The second kappa shape index (κ2) is 8.96. The Labute approximate surface area is 138 Å². The second-order valence-corrected chi connectivity index (χ2v) is 6.24. The topological polar surface area (TPSA) is 68.7 Å². The van der Waals surface area contributed by atoms with Crippen molar-refractivity contribution >= 4 is 5.91 Å². The van der Waals surface area contributed by atoms with E-state index in [0.717, 1.165) is 31.7 Å². The summed E-state index contributed by atoms with van der Waals surface area (Å²) in [6, 6.07) is 6.09. The van der Waals surface area contributed by atoms with Crippen molar-refractivity contribution in [3.63, 3.8) is 0 Å². The summed E-state index contributed by atoms with van der Waals surface area (Å²) in [6.45, 7) is 8.22. The number of aliphatic hydroxyl groups is 1. The molecule has 2 heterocycles. The fourth-order valence-corrected chi connectivity index (χ4v) is 3.02. The average molecular weight is 320 g/mol. The molecule has 0 aromatic carbocycles. The van der Waals surface area contributed by atoms with Crippen molar-refractivity contribution in [3.8, 4) is 0 Å². The highest BCUT2D eigenvalue weighted by atomic mass is 16.3. The van der Waals surface area contributed by atoms with Gasteiger partial charge in [0.1, 0.15) is 0 Å². The zero-order valence-electron chi connectivity index (χ0n) is 14.1. The van der Waals surface area contributed by atoms with Crippen LogP contribution in [0.15, 0.2) is 24.4 Å². The predicted molar refractivity (Wildman–Crippen MR) is 89.9 cm³/mol. The maximum absolute atomic E-state index is 12.1. The molecule has 1 fully saturated rings. The van der Waals surface area contributed by atoms with Crippen LogP contribution in [0.4, 0.5) is 0 Å². The normalized spacial score (nSPS) is 21.1. The smallest absolute Gasteiger partial charge is 0.234 e. The van der Waals surface area contributed by atoms with E-state index < -0.39 is 0 Å². The van der Waals surface area contributed by atoms with Crippen LogP contribution in [-0.2, 0) is 11.3 Å². The van der Waals surface area contributed by atoms with Crippen molar-refractivity contribution in [2.45, 2.75) is 39.0 Å². The minimum absolute atomic E-state index is 0.0366. The van der Waals surface area contributed by atoms with Gasteiger partial charge in [0, 0.05) is 38.4 Å². The summed E-state index contributed by atoms with van der Waals surface area (Å²) in [5.74, 6) is 0.0366. The lowest BCUT2D eigenvalue weighted by Crippen LogP contribution is -2.55. The highest BCUT2D eigenvalue weighted by Gasteiger charge is 2.27. The van der Waals surface area contributed by atoms with Gasteiger partial charge in [-0.15, -0.1) is 0 Å². The number of carbonyl (C=O) groups excluding carboxylic acids is 1. The number of piperazine rings is 1. The minimum atomic E-state index is -0.308. The summed E-state index contributed by atoms with van der Waals surface area (Å²) < 4.78 is 0. The summed E-state index contributed by atoms with van der Waals surface area (Å²) in [7, 11) is 0. The maximum atomic E-state index is 12.1. The molecular weight excluding hydrogens is 292 g/mol. The first-order valence-electron chi connectivity index (χ1n) is 8.39. The number of hydrogen-bond donors (Lipinski definition) is 2. The van der Waals surface area contributed by atoms with E-state index in [1.807, 2.05) is 25.1 Å². The molecule has 1 aromatic heterocycles. The molecule has 6 heteroatoms. The van der Waals surface area contributed by atoms with E-state index in [2.05, 4.69) is 27.0 Å². The van der Waals surface area contributed by atoms with Crippen LogP contribution in [0.25, 0.3) is 0 Å². The van der Waals surface area contributed by atoms with Crippen molar-refractivity contribution in [1.82, 2.24) is 20.1 Å². The van der Waals surface area contributed by atoms with Gasteiger partial charge in [0.05, 0.1) is 24.9 Å². The number of hydrogen-bond acceptors (Lipinski definition) is 5. The van der Waals surface area contributed by atoms with E-state index in [1.54, 1.807) is 6.20 Å². The molecule has 1 amide bonds. The van der Waals surface area contributed by atoms with Gasteiger partial charge in [-0.1, -0.05) is 13.0 Å². The van der Waals surface area contributed by atoms with Gasteiger partial charge in [0.15, 0.2) is 0 Å². The van der Waals surface area contributed by atoms with Gasteiger partial charge in [-0.3, -0.25) is 19.6 Å². The molecule has 0 saturated carbocycles. The molecule has 1 saturated heterocycles. The first kappa shape index (κ1) is 17.8. The molecule has 0 aliphatic carbocycles. The highest BCUT2D eigenvalue weighted by Crippen LogP contribution is 2.13. The standard InChI is InChI=1S/C17H28N4O2/c1-3-16-12-20(8-9-21(16)11-14(2)22)13-17(23)19-10-15-6-4-5-7-18-15/h4-7,14,16,22H,3,8-13H2,1-2H3,(H,19,23)/t14-,16-/m1/s1. The molecule has 23 heavy (non-hydrogen) atoms. The van der Waals surface area contributed by atoms with E-state index in [0.29, 0.717) is 25.7 Å². The molecule has 2 N–H and O–H groups in total. The number of pyridine rings is 1. The first-order chi connectivity index (χ1) is 11.1. The third-order valence-corrected chi connectivity index (χ3v) is 4.22. The number of amides is 1. The Bertz CT molecular complexity index is 481.